The molecular weight excluding hydrogens is 282 g/mol. The maximum atomic E-state index is 6.33. The van der Waals surface area contributed by atoms with Gasteiger partial charge in [-0.3, -0.25) is 4.90 Å². The van der Waals surface area contributed by atoms with Gasteiger partial charge in [-0.25, -0.2) is 9.97 Å². The fraction of sp³-hybridized carbons (Fsp3) is 0.412. The Morgan fingerprint density at radius 1 is 1.19 bits per heavy atom. The van der Waals surface area contributed by atoms with Crippen LogP contribution in [0.4, 0.5) is 0 Å². The number of hydrogen-bond donors (Lipinski definition) is 0. The van der Waals surface area contributed by atoms with Crippen LogP contribution in [0.15, 0.2) is 30.3 Å². The molecule has 0 saturated carbocycles. The van der Waals surface area contributed by atoms with Gasteiger partial charge in [0.05, 0.1) is 5.69 Å². The summed E-state index contributed by atoms with van der Waals surface area (Å²) in [6, 6.07) is 10.6. The molecule has 0 bridgehead atoms. The molecule has 3 nitrogen and oxygen atoms in total. The number of aromatic nitrogens is 2. The van der Waals surface area contributed by atoms with Gasteiger partial charge in [0, 0.05) is 31.1 Å². The van der Waals surface area contributed by atoms with Gasteiger partial charge in [-0.05, 0) is 12.0 Å². The minimum Gasteiger partial charge on any atom is -0.293 e. The van der Waals surface area contributed by atoms with E-state index in [1.165, 1.54) is 5.56 Å². The van der Waals surface area contributed by atoms with Gasteiger partial charge in [0.25, 0.3) is 0 Å². The quantitative estimate of drug-likeness (QED) is 0.807. The summed E-state index contributed by atoms with van der Waals surface area (Å²) in [5, 5.41) is 0.642. The molecule has 4 heteroatoms. The summed E-state index contributed by atoms with van der Waals surface area (Å²) < 4.78 is 0. The summed E-state index contributed by atoms with van der Waals surface area (Å²) >= 11 is 6.33. The predicted molar refractivity (Wildman–Crippen MR) is 85.4 cm³/mol. The van der Waals surface area contributed by atoms with Crippen molar-refractivity contribution in [3.05, 3.63) is 58.1 Å². The van der Waals surface area contributed by atoms with Gasteiger partial charge >= 0.3 is 0 Å². The molecule has 2 heterocycles. The van der Waals surface area contributed by atoms with Gasteiger partial charge in [-0.15, -0.1) is 0 Å². The Kier molecular flexibility index (Phi) is 4.22. The zero-order valence-electron chi connectivity index (χ0n) is 12.5. The third-order valence-electron chi connectivity index (χ3n) is 3.88. The molecule has 0 N–H and O–H groups in total. The molecule has 3 rings (SSSR count). The third kappa shape index (κ3) is 3.25. The van der Waals surface area contributed by atoms with Crippen LogP contribution in [0.1, 0.15) is 42.4 Å². The van der Waals surface area contributed by atoms with Crippen LogP contribution >= 0.6 is 11.6 Å². The van der Waals surface area contributed by atoms with Crippen molar-refractivity contribution in [2.24, 2.45) is 0 Å². The van der Waals surface area contributed by atoms with E-state index >= 15 is 0 Å². The number of rotatable bonds is 3. The van der Waals surface area contributed by atoms with Gasteiger partial charge < -0.3 is 0 Å². The third-order valence-corrected chi connectivity index (χ3v) is 4.19. The summed E-state index contributed by atoms with van der Waals surface area (Å²) in [6.45, 7) is 7.02. The Morgan fingerprint density at radius 2 is 1.95 bits per heavy atom. The van der Waals surface area contributed by atoms with E-state index in [1.54, 1.807) is 0 Å². The first-order valence-corrected chi connectivity index (χ1v) is 7.82. The Morgan fingerprint density at radius 3 is 2.67 bits per heavy atom. The number of halogens is 1. The van der Waals surface area contributed by atoms with Crippen LogP contribution in [0.5, 0.6) is 0 Å². The number of hydrogen-bond acceptors (Lipinski definition) is 3. The fourth-order valence-corrected chi connectivity index (χ4v) is 2.98. The topological polar surface area (TPSA) is 29.0 Å². The highest BCUT2D eigenvalue weighted by Crippen LogP contribution is 2.26. The molecule has 1 aliphatic rings. The van der Waals surface area contributed by atoms with Crippen LogP contribution in [0.25, 0.3) is 0 Å². The predicted octanol–water partition coefficient (Wildman–Crippen LogP) is 3.81. The zero-order chi connectivity index (χ0) is 14.8. The highest BCUT2D eigenvalue weighted by molar-refractivity contribution is 6.30. The van der Waals surface area contributed by atoms with Gasteiger partial charge in [0.2, 0.25) is 0 Å². The van der Waals surface area contributed by atoms with Crippen LogP contribution in [-0.2, 0) is 19.5 Å². The zero-order valence-corrected chi connectivity index (χ0v) is 13.3. The molecule has 110 valence electrons. The average molecular weight is 302 g/mol. The first-order valence-electron chi connectivity index (χ1n) is 7.45. The summed E-state index contributed by atoms with van der Waals surface area (Å²) in [6.07, 6.45) is 0.930. The number of nitrogens with zero attached hydrogens (tertiary/aromatic N) is 3. The SMILES string of the molecule is CC(C)c1nc(Cl)c2c(n1)CN(Cc1ccccc1)CC2. The van der Waals surface area contributed by atoms with Crippen molar-refractivity contribution in [2.75, 3.05) is 6.54 Å². The minimum atomic E-state index is 0.303. The Balaban J connectivity index is 1.81. The highest BCUT2D eigenvalue weighted by atomic mass is 35.5. The molecule has 0 saturated heterocycles. The molecule has 0 radical (unpaired) electrons. The second-order valence-corrected chi connectivity index (χ2v) is 6.26. The van der Waals surface area contributed by atoms with Crippen LogP contribution in [0, 0.1) is 0 Å². The summed E-state index contributed by atoms with van der Waals surface area (Å²) in [5.41, 5.74) is 3.57. The van der Waals surface area contributed by atoms with E-state index in [4.69, 9.17) is 16.6 Å². The molecule has 21 heavy (non-hydrogen) atoms. The van der Waals surface area contributed by atoms with Gasteiger partial charge in [0.1, 0.15) is 11.0 Å². The summed E-state index contributed by atoms with van der Waals surface area (Å²) in [5.74, 6) is 1.15. The van der Waals surface area contributed by atoms with Gasteiger partial charge in [0.15, 0.2) is 0 Å². The standard InChI is InChI=1S/C17H20ClN3/c1-12(2)17-19-15-11-21(9-8-14(15)16(18)20-17)10-13-6-4-3-5-7-13/h3-7,12H,8-11H2,1-2H3. The molecule has 0 aliphatic carbocycles. The molecule has 1 aliphatic heterocycles. The largest absolute Gasteiger partial charge is 0.293 e. The lowest BCUT2D eigenvalue weighted by Crippen LogP contribution is -2.31. The maximum absolute atomic E-state index is 6.33. The van der Waals surface area contributed by atoms with E-state index in [0.29, 0.717) is 11.1 Å². The Hall–Kier alpha value is -1.45. The first-order chi connectivity index (χ1) is 10.1. The highest BCUT2D eigenvalue weighted by Gasteiger charge is 2.22. The van der Waals surface area contributed by atoms with Crippen LogP contribution in [0.2, 0.25) is 5.15 Å². The monoisotopic (exact) mass is 301 g/mol. The molecule has 1 aromatic heterocycles. The van der Waals surface area contributed by atoms with Crippen molar-refractivity contribution in [1.82, 2.24) is 14.9 Å². The molecule has 0 atom stereocenters. The van der Waals surface area contributed by atoms with E-state index in [9.17, 15) is 0 Å². The van der Waals surface area contributed by atoms with Crippen molar-refractivity contribution in [3.8, 4) is 0 Å². The Bertz CT molecular complexity index is 625. The van der Waals surface area contributed by atoms with Crippen molar-refractivity contribution >= 4 is 11.6 Å². The number of benzene rings is 1. The van der Waals surface area contributed by atoms with E-state index < -0.39 is 0 Å². The van der Waals surface area contributed by atoms with Crippen LogP contribution < -0.4 is 0 Å². The number of fused-ring (bicyclic) bond motifs is 1. The molecule has 2 aromatic rings. The molecule has 1 aromatic carbocycles. The second kappa shape index (κ2) is 6.12. The molecule has 0 unspecified atom stereocenters. The molecular formula is C17H20ClN3. The van der Waals surface area contributed by atoms with Gasteiger partial charge in [-0.1, -0.05) is 55.8 Å². The fourth-order valence-electron chi connectivity index (χ4n) is 2.69. The van der Waals surface area contributed by atoms with E-state index in [2.05, 4.69) is 54.1 Å². The lowest BCUT2D eigenvalue weighted by molar-refractivity contribution is 0.240. The lowest BCUT2D eigenvalue weighted by Gasteiger charge is -2.28. The van der Waals surface area contributed by atoms with Crippen molar-refractivity contribution in [1.29, 1.82) is 0 Å². The normalized spacial score (nSPS) is 15.2. The molecule has 0 fully saturated rings. The molecule has 0 spiro atoms. The van der Waals surface area contributed by atoms with E-state index in [0.717, 1.165) is 43.1 Å². The maximum Gasteiger partial charge on any atom is 0.136 e. The minimum absolute atomic E-state index is 0.303. The van der Waals surface area contributed by atoms with Crippen molar-refractivity contribution < 1.29 is 0 Å². The average Bonchev–Trinajstić information content (AvgIpc) is 2.48. The Labute approximate surface area is 131 Å². The van der Waals surface area contributed by atoms with E-state index in [1.807, 2.05) is 0 Å². The molecule has 0 amide bonds. The van der Waals surface area contributed by atoms with Crippen LogP contribution in [0.3, 0.4) is 0 Å². The van der Waals surface area contributed by atoms with Gasteiger partial charge in [-0.2, -0.15) is 0 Å². The van der Waals surface area contributed by atoms with Crippen molar-refractivity contribution in [2.45, 2.75) is 39.3 Å². The smallest absolute Gasteiger partial charge is 0.136 e. The summed E-state index contributed by atoms with van der Waals surface area (Å²) in [4.78, 5) is 11.6. The second-order valence-electron chi connectivity index (χ2n) is 5.90. The lowest BCUT2D eigenvalue weighted by atomic mass is 10.0. The summed E-state index contributed by atoms with van der Waals surface area (Å²) in [7, 11) is 0. The van der Waals surface area contributed by atoms with Crippen LogP contribution in [-0.4, -0.2) is 21.4 Å². The van der Waals surface area contributed by atoms with Crippen molar-refractivity contribution in [3.63, 3.8) is 0 Å². The van der Waals surface area contributed by atoms with E-state index in [-0.39, 0.29) is 0 Å². The first kappa shape index (κ1) is 14.5.